The normalized spacial score (nSPS) is 24.1. The molecule has 1 saturated heterocycles. The molecule has 1 aromatic rings. The van der Waals surface area contributed by atoms with Gasteiger partial charge in [-0.1, -0.05) is 0 Å². The van der Waals surface area contributed by atoms with E-state index >= 15 is 0 Å². The number of Topliss-reactive ketones (excluding diaryl/α,β-unsaturated/α-hetero) is 1. The van der Waals surface area contributed by atoms with Crippen molar-refractivity contribution in [2.45, 2.75) is 53.3 Å². The largest absolute Gasteiger partial charge is 0.376 e. The average molecular weight is 278 g/mol. The van der Waals surface area contributed by atoms with E-state index in [0.29, 0.717) is 19.2 Å². The number of aromatic nitrogens is 1. The number of hydrogen-bond donors (Lipinski definition) is 0. The van der Waals surface area contributed by atoms with Crippen molar-refractivity contribution in [3.8, 4) is 0 Å². The average Bonchev–Trinajstić information content (AvgIpc) is 2.69. The Morgan fingerprint density at radius 1 is 1.40 bits per heavy atom. The SMILES string of the molecule is CCn1c(C)cc(C(=O)CN2CC(C)OCC2C)c1C. The molecule has 0 aromatic carbocycles. The molecule has 4 nitrogen and oxygen atoms in total. The Bertz CT molecular complexity index is 493. The van der Waals surface area contributed by atoms with Gasteiger partial charge in [-0.3, -0.25) is 9.69 Å². The monoisotopic (exact) mass is 278 g/mol. The number of hydrogen-bond acceptors (Lipinski definition) is 3. The Hall–Kier alpha value is -1.13. The second-order valence-electron chi connectivity index (χ2n) is 5.87. The summed E-state index contributed by atoms with van der Waals surface area (Å²) in [6.45, 7) is 13.3. The molecule has 1 aliphatic rings. The van der Waals surface area contributed by atoms with E-state index < -0.39 is 0 Å². The van der Waals surface area contributed by atoms with Gasteiger partial charge in [-0.25, -0.2) is 0 Å². The van der Waals surface area contributed by atoms with Gasteiger partial charge in [-0.2, -0.15) is 0 Å². The van der Waals surface area contributed by atoms with Crippen molar-refractivity contribution < 1.29 is 9.53 Å². The topological polar surface area (TPSA) is 34.5 Å². The van der Waals surface area contributed by atoms with Crippen LogP contribution in [0.1, 0.15) is 42.5 Å². The molecule has 112 valence electrons. The van der Waals surface area contributed by atoms with Crippen molar-refractivity contribution >= 4 is 5.78 Å². The zero-order valence-corrected chi connectivity index (χ0v) is 13.3. The fraction of sp³-hybridized carbons (Fsp3) is 0.688. The fourth-order valence-corrected chi connectivity index (χ4v) is 3.03. The van der Waals surface area contributed by atoms with E-state index in [4.69, 9.17) is 4.74 Å². The quantitative estimate of drug-likeness (QED) is 0.793. The molecule has 0 bridgehead atoms. The first-order chi connectivity index (χ1) is 9.43. The van der Waals surface area contributed by atoms with Crippen LogP contribution in [-0.4, -0.2) is 47.1 Å². The molecule has 0 spiro atoms. The van der Waals surface area contributed by atoms with Gasteiger partial charge in [0.1, 0.15) is 0 Å². The van der Waals surface area contributed by atoms with Gasteiger partial charge in [0.25, 0.3) is 0 Å². The van der Waals surface area contributed by atoms with Crippen molar-refractivity contribution in [2.75, 3.05) is 19.7 Å². The molecule has 0 saturated carbocycles. The first-order valence-electron chi connectivity index (χ1n) is 7.49. The summed E-state index contributed by atoms with van der Waals surface area (Å²) in [6.07, 6.45) is 0.210. The Balaban J connectivity index is 2.12. The second kappa shape index (κ2) is 6.10. The summed E-state index contributed by atoms with van der Waals surface area (Å²) in [6, 6.07) is 2.33. The van der Waals surface area contributed by atoms with Crippen LogP contribution < -0.4 is 0 Å². The van der Waals surface area contributed by atoms with Crippen molar-refractivity contribution in [3.63, 3.8) is 0 Å². The molecule has 2 rings (SSSR count). The molecular weight excluding hydrogens is 252 g/mol. The van der Waals surface area contributed by atoms with Crippen LogP contribution in [0, 0.1) is 13.8 Å². The number of carbonyl (C=O) groups is 1. The maximum atomic E-state index is 12.6. The van der Waals surface area contributed by atoms with Gasteiger partial charge in [-0.15, -0.1) is 0 Å². The molecule has 2 atom stereocenters. The van der Waals surface area contributed by atoms with Gasteiger partial charge in [0.05, 0.1) is 19.3 Å². The molecule has 0 radical (unpaired) electrons. The van der Waals surface area contributed by atoms with E-state index in [0.717, 1.165) is 30.0 Å². The summed E-state index contributed by atoms with van der Waals surface area (Å²) in [7, 11) is 0. The lowest BCUT2D eigenvalue weighted by molar-refractivity contribution is -0.0460. The zero-order chi connectivity index (χ0) is 14.9. The van der Waals surface area contributed by atoms with Crippen LogP contribution in [0.3, 0.4) is 0 Å². The van der Waals surface area contributed by atoms with Crippen LogP contribution in [0.5, 0.6) is 0 Å². The summed E-state index contributed by atoms with van der Waals surface area (Å²) in [5, 5.41) is 0. The molecule has 1 fully saturated rings. The Morgan fingerprint density at radius 3 is 2.70 bits per heavy atom. The minimum atomic E-state index is 0.210. The predicted octanol–water partition coefficient (Wildman–Crippen LogP) is 2.42. The summed E-state index contributed by atoms with van der Waals surface area (Å²) in [4.78, 5) is 14.8. The summed E-state index contributed by atoms with van der Waals surface area (Å²) < 4.78 is 7.81. The van der Waals surface area contributed by atoms with Crippen LogP contribution in [-0.2, 0) is 11.3 Å². The number of rotatable bonds is 4. The number of aryl methyl sites for hydroxylation is 1. The van der Waals surface area contributed by atoms with Crippen molar-refractivity contribution in [1.29, 1.82) is 0 Å². The lowest BCUT2D eigenvalue weighted by Gasteiger charge is -2.36. The lowest BCUT2D eigenvalue weighted by Crippen LogP contribution is -2.49. The third-order valence-electron chi connectivity index (χ3n) is 4.27. The van der Waals surface area contributed by atoms with Gasteiger partial charge < -0.3 is 9.30 Å². The predicted molar refractivity (Wildman–Crippen MR) is 80.4 cm³/mol. The van der Waals surface area contributed by atoms with Crippen LogP contribution in [0.2, 0.25) is 0 Å². The first-order valence-corrected chi connectivity index (χ1v) is 7.49. The third-order valence-corrected chi connectivity index (χ3v) is 4.27. The highest BCUT2D eigenvalue weighted by Gasteiger charge is 2.26. The van der Waals surface area contributed by atoms with Gasteiger partial charge in [0.2, 0.25) is 0 Å². The number of ether oxygens (including phenoxy) is 1. The summed E-state index contributed by atoms with van der Waals surface area (Å²) in [5.41, 5.74) is 3.12. The molecule has 20 heavy (non-hydrogen) atoms. The third kappa shape index (κ3) is 2.96. The summed E-state index contributed by atoms with van der Waals surface area (Å²) >= 11 is 0. The fourth-order valence-electron chi connectivity index (χ4n) is 3.03. The van der Waals surface area contributed by atoms with Crippen molar-refractivity contribution in [3.05, 3.63) is 23.0 Å². The maximum absolute atomic E-state index is 12.6. The summed E-state index contributed by atoms with van der Waals surface area (Å²) in [5.74, 6) is 0.221. The molecule has 1 aromatic heterocycles. The number of ketones is 1. The van der Waals surface area contributed by atoms with Gasteiger partial charge in [0.15, 0.2) is 5.78 Å². The van der Waals surface area contributed by atoms with Gasteiger partial charge in [-0.05, 0) is 40.7 Å². The Labute approximate surface area is 121 Å². The molecule has 0 amide bonds. The van der Waals surface area contributed by atoms with Gasteiger partial charge >= 0.3 is 0 Å². The van der Waals surface area contributed by atoms with Crippen LogP contribution in [0.15, 0.2) is 6.07 Å². The zero-order valence-electron chi connectivity index (χ0n) is 13.3. The van der Waals surface area contributed by atoms with Crippen LogP contribution in [0.4, 0.5) is 0 Å². The van der Waals surface area contributed by atoms with E-state index in [9.17, 15) is 4.79 Å². The van der Waals surface area contributed by atoms with Crippen LogP contribution >= 0.6 is 0 Å². The molecule has 2 unspecified atom stereocenters. The van der Waals surface area contributed by atoms with E-state index in [1.807, 2.05) is 13.0 Å². The number of carbonyl (C=O) groups excluding carboxylic acids is 1. The van der Waals surface area contributed by atoms with Gasteiger partial charge in [0, 0.05) is 36.1 Å². The Kier molecular flexibility index (Phi) is 4.66. The minimum Gasteiger partial charge on any atom is -0.376 e. The standard InChI is InChI=1S/C16H26N2O2/c1-6-18-11(2)7-15(14(18)5)16(19)9-17-8-13(4)20-10-12(17)3/h7,12-13H,6,8-10H2,1-5H3. The van der Waals surface area contributed by atoms with Crippen molar-refractivity contribution in [1.82, 2.24) is 9.47 Å². The molecule has 0 N–H and O–H groups in total. The minimum absolute atomic E-state index is 0.210. The smallest absolute Gasteiger partial charge is 0.178 e. The molecule has 2 heterocycles. The highest BCUT2D eigenvalue weighted by Crippen LogP contribution is 2.18. The number of nitrogens with zero attached hydrogens (tertiary/aromatic N) is 2. The van der Waals surface area contributed by atoms with Crippen LogP contribution in [0.25, 0.3) is 0 Å². The Morgan fingerprint density at radius 2 is 2.10 bits per heavy atom. The molecular formula is C16H26N2O2. The molecule has 0 aliphatic carbocycles. The lowest BCUT2D eigenvalue weighted by atomic mass is 10.1. The number of morpholine rings is 1. The van der Waals surface area contributed by atoms with E-state index in [2.05, 4.69) is 37.2 Å². The first kappa shape index (κ1) is 15.3. The highest BCUT2D eigenvalue weighted by atomic mass is 16.5. The second-order valence-corrected chi connectivity index (χ2v) is 5.87. The highest BCUT2D eigenvalue weighted by molar-refractivity contribution is 5.99. The maximum Gasteiger partial charge on any atom is 0.178 e. The van der Waals surface area contributed by atoms with Crippen molar-refractivity contribution in [2.24, 2.45) is 0 Å². The molecule has 4 heteroatoms. The van der Waals surface area contributed by atoms with E-state index in [-0.39, 0.29) is 11.9 Å². The van der Waals surface area contributed by atoms with E-state index in [1.165, 1.54) is 0 Å². The van der Waals surface area contributed by atoms with E-state index in [1.54, 1.807) is 0 Å². The molecule has 1 aliphatic heterocycles.